The van der Waals surface area contributed by atoms with E-state index in [4.69, 9.17) is 0 Å². The maximum atomic E-state index is 11.6. The number of hydrogen-bond acceptors (Lipinski definition) is 3. The summed E-state index contributed by atoms with van der Waals surface area (Å²) in [5.41, 5.74) is 0.871. The first-order valence-electron chi connectivity index (χ1n) is 6.48. The van der Waals surface area contributed by atoms with Crippen molar-refractivity contribution in [2.75, 3.05) is 13.1 Å². The van der Waals surface area contributed by atoms with Gasteiger partial charge < -0.3 is 10.3 Å². The van der Waals surface area contributed by atoms with Crippen LogP contribution in [0.15, 0.2) is 10.9 Å². The van der Waals surface area contributed by atoms with E-state index in [-0.39, 0.29) is 5.56 Å². The average Bonchev–Trinajstić information content (AvgIpc) is 2.56. The molecule has 1 saturated heterocycles. The number of nitrogens with one attached hydrogen (secondary N) is 2. The largest absolute Gasteiger partial charge is 0.316 e. The molecule has 1 aromatic heterocycles. The molecule has 17 heavy (non-hydrogen) atoms. The van der Waals surface area contributed by atoms with E-state index >= 15 is 0 Å². The van der Waals surface area contributed by atoms with Crippen LogP contribution < -0.4 is 10.9 Å². The Morgan fingerprint density at radius 3 is 3.00 bits per heavy atom. The molecule has 1 unspecified atom stereocenters. The lowest BCUT2D eigenvalue weighted by Gasteiger charge is -2.15. The lowest BCUT2D eigenvalue weighted by Crippen LogP contribution is -2.23. The molecule has 1 aromatic rings. The van der Waals surface area contributed by atoms with Gasteiger partial charge in [-0.25, -0.2) is 4.98 Å². The molecule has 0 radical (unpaired) electrons. The number of nitrogens with zero attached hydrogens (tertiary/aromatic N) is 1. The van der Waals surface area contributed by atoms with Gasteiger partial charge in [0.2, 0.25) is 0 Å². The Balaban J connectivity index is 2.27. The molecule has 2 N–H and O–H groups in total. The minimum Gasteiger partial charge on any atom is -0.316 e. The zero-order valence-corrected chi connectivity index (χ0v) is 10.6. The molecule has 0 spiro atoms. The first-order chi connectivity index (χ1) is 8.16. The molecule has 1 aliphatic rings. The van der Waals surface area contributed by atoms with Crippen molar-refractivity contribution in [1.29, 1.82) is 0 Å². The fourth-order valence-corrected chi connectivity index (χ4v) is 2.24. The topological polar surface area (TPSA) is 57.8 Å². The Hall–Kier alpha value is -1.16. The summed E-state index contributed by atoms with van der Waals surface area (Å²) in [4.78, 5) is 19.1. The van der Waals surface area contributed by atoms with Crippen LogP contribution in [-0.2, 0) is 0 Å². The quantitative estimate of drug-likeness (QED) is 0.821. The molecule has 4 heteroatoms. The Kier molecular flexibility index (Phi) is 3.94. The Morgan fingerprint density at radius 1 is 1.41 bits per heavy atom. The van der Waals surface area contributed by atoms with E-state index in [1.54, 1.807) is 6.07 Å². The van der Waals surface area contributed by atoms with Crippen molar-refractivity contribution >= 4 is 0 Å². The van der Waals surface area contributed by atoms with Crippen LogP contribution in [0.1, 0.15) is 56.5 Å². The van der Waals surface area contributed by atoms with E-state index in [2.05, 4.69) is 29.1 Å². The number of aromatic amines is 1. The molecule has 94 valence electrons. The van der Waals surface area contributed by atoms with E-state index in [9.17, 15) is 4.79 Å². The van der Waals surface area contributed by atoms with E-state index in [1.807, 2.05) is 0 Å². The first-order valence-corrected chi connectivity index (χ1v) is 6.48. The monoisotopic (exact) mass is 235 g/mol. The Bertz CT molecular complexity index is 417. The lowest BCUT2D eigenvalue weighted by molar-refractivity contribution is 0.569. The van der Waals surface area contributed by atoms with Gasteiger partial charge in [0.1, 0.15) is 5.82 Å². The summed E-state index contributed by atoms with van der Waals surface area (Å²) in [6.07, 6.45) is 3.52. The van der Waals surface area contributed by atoms with Gasteiger partial charge in [0, 0.05) is 18.5 Å². The van der Waals surface area contributed by atoms with Gasteiger partial charge in [-0.05, 0) is 25.3 Å². The molecule has 1 fully saturated rings. The first kappa shape index (κ1) is 12.3. The second-order valence-corrected chi connectivity index (χ2v) is 5.11. The summed E-state index contributed by atoms with van der Waals surface area (Å²) in [7, 11) is 0. The van der Waals surface area contributed by atoms with Gasteiger partial charge in [-0.15, -0.1) is 0 Å². The highest BCUT2D eigenvalue weighted by Gasteiger charge is 2.17. The normalized spacial score (nSPS) is 21.5. The SMILES string of the molecule is CC(C)c1cc(=O)[nH]c(C2CCCCNC2)n1. The van der Waals surface area contributed by atoms with Crippen LogP contribution in [0.4, 0.5) is 0 Å². The van der Waals surface area contributed by atoms with Crippen molar-refractivity contribution < 1.29 is 0 Å². The third-order valence-corrected chi connectivity index (χ3v) is 3.30. The maximum absolute atomic E-state index is 11.6. The summed E-state index contributed by atoms with van der Waals surface area (Å²) in [5, 5.41) is 3.40. The van der Waals surface area contributed by atoms with E-state index < -0.39 is 0 Å². The summed E-state index contributed by atoms with van der Waals surface area (Å²) in [6, 6.07) is 1.61. The Morgan fingerprint density at radius 2 is 2.24 bits per heavy atom. The van der Waals surface area contributed by atoms with Crippen molar-refractivity contribution in [3.63, 3.8) is 0 Å². The van der Waals surface area contributed by atoms with Crippen molar-refractivity contribution in [1.82, 2.24) is 15.3 Å². The third kappa shape index (κ3) is 3.16. The van der Waals surface area contributed by atoms with E-state index in [1.165, 1.54) is 12.8 Å². The number of rotatable bonds is 2. The fourth-order valence-electron chi connectivity index (χ4n) is 2.24. The molecule has 0 bridgehead atoms. The van der Waals surface area contributed by atoms with E-state index in [0.29, 0.717) is 11.8 Å². The second-order valence-electron chi connectivity index (χ2n) is 5.11. The van der Waals surface area contributed by atoms with Crippen LogP contribution in [0.25, 0.3) is 0 Å². The third-order valence-electron chi connectivity index (χ3n) is 3.30. The van der Waals surface area contributed by atoms with Gasteiger partial charge in [-0.2, -0.15) is 0 Å². The predicted molar refractivity (Wildman–Crippen MR) is 68.4 cm³/mol. The van der Waals surface area contributed by atoms with Gasteiger partial charge in [0.15, 0.2) is 0 Å². The van der Waals surface area contributed by atoms with Crippen molar-refractivity contribution in [2.24, 2.45) is 0 Å². The van der Waals surface area contributed by atoms with Crippen LogP contribution in [0, 0.1) is 0 Å². The van der Waals surface area contributed by atoms with Gasteiger partial charge >= 0.3 is 0 Å². The van der Waals surface area contributed by atoms with Crippen LogP contribution >= 0.6 is 0 Å². The zero-order valence-electron chi connectivity index (χ0n) is 10.6. The molecule has 0 aromatic carbocycles. The lowest BCUT2D eigenvalue weighted by atomic mass is 10.0. The predicted octanol–water partition coefficient (Wildman–Crippen LogP) is 1.75. The average molecular weight is 235 g/mol. The van der Waals surface area contributed by atoms with Gasteiger partial charge in [-0.3, -0.25) is 4.79 Å². The highest BCUT2D eigenvalue weighted by Crippen LogP contribution is 2.20. The summed E-state index contributed by atoms with van der Waals surface area (Å²) in [6.45, 7) is 6.13. The highest BCUT2D eigenvalue weighted by atomic mass is 16.1. The molecular weight excluding hydrogens is 214 g/mol. The highest BCUT2D eigenvalue weighted by molar-refractivity contribution is 5.10. The van der Waals surface area contributed by atoms with Gasteiger partial charge in [0.05, 0.1) is 5.69 Å². The standard InChI is InChI=1S/C13H21N3O/c1-9(2)11-7-12(17)16-13(15-11)10-5-3-4-6-14-8-10/h7,9-10,14H,3-6,8H2,1-2H3,(H,15,16,17). The van der Waals surface area contributed by atoms with E-state index in [0.717, 1.165) is 31.0 Å². The number of hydrogen-bond donors (Lipinski definition) is 2. The molecule has 2 heterocycles. The molecule has 2 rings (SSSR count). The maximum Gasteiger partial charge on any atom is 0.251 e. The van der Waals surface area contributed by atoms with Crippen molar-refractivity contribution in [2.45, 2.75) is 44.9 Å². The summed E-state index contributed by atoms with van der Waals surface area (Å²) in [5.74, 6) is 1.51. The van der Waals surface area contributed by atoms with Crippen molar-refractivity contribution in [3.8, 4) is 0 Å². The molecule has 1 atom stereocenters. The number of H-pyrrole nitrogens is 1. The molecule has 0 saturated carbocycles. The summed E-state index contributed by atoms with van der Waals surface area (Å²) >= 11 is 0. The zero-order chi connectivity index (χ0) is 12.3. The number of aromatic nitrogens is 2. The minimum absolute atomic E-state index is 0.0250. The smallest absolute Gasteiger partial charge is 0.251 e. The summed E-state index contributed by atoms with van der Waals surface area (Å²) < 4.78 is 0. The molecule has 0 amide bonds. The van der Waals surface area contributed by atoms with Crippen LogP contribution in [0.2, 0.25) is 0 Å². The minimum atomic E-state index is -0.0250. The second kappa shape index (κ2) is 5.45. The van der Waals surface area contributed by atoms with Crippen LogP contribution in [-0.4, -0.2) is 23.1 Å². The Labute approximate surface area is 102 Å². The van der Waals surface area contributed by atoms with Crippen LogP contribution in [0.3, 0.4) is 0 Å². The molecular formula is C13H21N3O. The molecule has 0 aliphatic carbocycles. The molecule has 1 aliphatic heterocycles. The molecule has 4 nitrogen and oxygen atoms in total. The van der Waals surface area contributed by atoms with Crippen molar-refractivity contribution in [3.05, 3.63) is 27.9 Å². The van der Waals surface area contributed by atoms with Crippen LogP contribution in [0.5, 0.6) is 0 Å². The van der Waals surface area contributed by atoms with Gasteiger partial charge in [0.25, 0.3) is 5.56 Å². The van der Waals surface area contributed by atoms with Gasteiger partial charge in [-0.1, -0.05) is 20.3 Å². The fraction of sp³-hybridized carbons (Fsp3) is 0.692.